The van der Waals surface area contributed by atoms with E-state index < -0.39 is 0 Å². The normalized spacial score (nSPS) is 13.9. The number of benzene rings is 4. The standard InChI is InChI=1S/C25H16/c1-2-6-17-10-21-15-25-23(12-20(21)9-16(17)5-1)13-22-11-18-7-3-4-8-19(18)14-24(22)25/h1-6,8-15H,7H2. The molecule has 0 bridgehead atoms. The summed E-state index contributed by atoms with van der Waals surface area (Å²) in [4.78, 5) is 0. The Morgan fingerprint density at radius 3 is 2.28 bits per heavy atom. The van der Waals surface area contributed by atoms with Crippen molar-refractivity contribution < 1.29 is 0 Å². The second-order valence-electron chi connectivity index (χ2n) is 7.07. The number of rotatable bonds is 0. The van der Waals surface area contributed by atoms with Crippen molar-refractivity contribution >= 4 is 33.7 Å². The van der Waals surface area contributed by atoms with Gasteiger partial charge in [-0.05, 0) is 97.1 Å². The Morgan fingerprint density at radius 1 is 0.640 bits per heavy atom. The highest BCUT2D eigenvalue weighted by Crippen LogP contribution is 2.33. The van der Waals surface area contributed by atoms with Crippen LogP contribution in [0.4, 0.5) is 0 Å². The fourth-order valence-corrected chi connectivity index (χ4v) is 4.26. The minimum absolute atomic E-state index is 1.04. The molecule has 0 amide bonds. The zero-order chi connectivity index (χ0) is 16.4. The van der Waals surface area contributed by atoms with Gasteiger partial charge in [-0.2, -0.15) is 0 Å². The molecular weight excluding hydrogens is 300 g/mol. The van der Waals surface area contributed by atoms with Crippen molar-refractivity contribution in [3.05, 3.63) is 94.4 Å². The van der Waals surface area contributed by atoms with E-state index in [9.17, 15) is 0 Å². The first kappa shape index (κ1) is 13.2. The lowest BCUT2D eigenvalue weighted by Crippen LogP contribution is -2.17. The first-order valence-electron chi connectivity index (χ1n) is 8.84. The molecule has 0 heteroatoms. The second-order valence-corrected chi connectivity index (χ2v) is 7.07. The fourth-order valence-electron chi connectivity index (χ4n) is 4.26. The molecule has 0 fully saturated rings. The highest BCUT2D eigenvalue weighted by atomic mass is 14.2. The van der Waals surface area contributed by atoms with E-state index in [1.165, 1.54) is 54.2 Å². The van der Waals surface area contributed by atoms with Gasteiger partial charge in [0, 0.05) is 0 Å². The summed E-state index contributed by atoms with van der Waals surface area (Å²) in [6, 6.07) is 22.7. The average Bonchev–Trinajstić information content (AvgIpc) is 2.98. The van der Waals surface area contributed by atoms with E-state index in [2.05, 4.69) is 85.0 Å². The van der Waals surface area contributed by atoms with E-state index >= 15 is 0 Å². The van der Waals surface area contributed by atoms with Gasteiger partial charge in [-0.1, -0.05) is 48.6 Å². The van der Waals surface area contributed by atoms with Crippen molar-refractivity contribution in [3.8, 4) is 11.1 Å². The van der Waals surface area contributed by atoms with Crippen LogP contribution in [0.1, 0.15) is 11.1 Å². The van der Waals surface area contributed by atoms with Gasteiger partial charge in [0.25, 0.3) is 0 Å². The third-order valence-corrected chi connectivity index (χ3v) is 5.54. The highest BCUT2D eigenvalue weighted by Gasteiger charge is 2.15. The van der Waals surface area contributed by atoms with Crippen LogP contribution >= 0.6 is 0 Å². The van der Waals surface area contributed by atoms with Gasteiger partial charge in [0.05, 0.1) is 0 Å². The van der Waals surface area contributed by atoms with Crippen LogP contribution in [-0.4, -0.2) is 0 Å². The van der Waals surface area contributed by atoms with E-state index in [1.807, 2.05) is 0 Å². The molecule has 2 aliphatic rings. The van der Waals surface area contributed by atoms with Crippen molar-refractivity contribution in [2.24, 2.45) is 0 Å². The Kier molecular flexibility index (Phi) is 2.48. The molecular formula is C25H16. The zero-order valence-corrected chi connectivity index (χ0v) is 13.8. The van der Waals surface area contributed by atoms with Gasteiger partial charge >= 0.3 is 0 Å². The first-order chi connectivity index (χ1) is 12.3. The minimum Gasteiger partial charge on any atom is -0.0801 e. The second kappa shape index (κ2) is 4.70. The highest BCUT2D eigenvalue weighted by molar-refractivity contribution is 6.02. The summed E-state index contributed by atoms with van der Waals surface area (Å²) in [5, 5.41) is 7.97. The summed E-state index contributed by atoms with van der Waals surface area (Å²) in [7, 11) is 0. The molecule has 116 valence electrons. The summed E-state index contributed by atoms with van der Waals surface area (Å²) in [6.45, 7) is 0. The molecule has 0 saturated heterocycles. The molecule has 0 radical (unpaired) electrons. The van der Waals surface area contributed by atoms with Gasteiger partial charge in [-0.15, -0.1) is 0 Å². The van der Waals surface area contributed by atoms with Crippen molar-refractivity contribution in [3.63, 3.8) is 0 Å². The van der Waals surface area contributed by atoms with Crippen molar-refractivity contribution in [2.45, 2.75) is 6.42 Å². The predicted molar refractivity (Wildman–Crippen MR) is 107 cm³/mol. The van der Waals surface area contributed by atoms with E-state index in [0.29, 0.717) is 0 Å². The Balaban J connectivity index is 1.67. The molecule has 0 unspecified atom stereocenters. The molecule has 2 aliphatic carbocycles. The number of allylic oxidation sites excluding steroid dienone is 2. The van der Waals surface area contributed by atoms with Gasteiger partial charge in [0.1, 0.15) is 0 Å². The molecule has 4 aromatic carbocycles. The Bertz CT molecular complexity index is 1350. The summed E-state index contributed by atoms with van der Waals surface area (Å²) in [6.07, 6.45) is 10.0. The smallest absolute Gasteiger partial charge is 0.00882 e. The summed E-state index contributed by atoms with van der Waals surface area (Å²) >= 11 is 0. The van der Waals surface area contributed by atoms with Gasteiger partial charge < -0.3 is 0 Å². The molecule has 0 N–H and O–H groups in total. The number of hydrogen-bond donors (Lipinski definition) is 0. The fraction of sp³-hybridized carbons (Fsp3) is 0.0400. The molecule has 0 spiro atoms. The van der Waals surface area contributed by atoms with E-state index in [0.717, 1.165) is 6.42 Å². The van der Waals surface area contributed by atoms with Crippen LogP contribution in [0.25, 0.3) is 44.8 Å². The molecule has 0 atom stereocenters. The van der Waals surface area contributed by atoms with E-state index in [1.54, 1.807) is 0 Å². The SMILES string of the molecule is C1=CCc2cc3c(cc2=C1)-c1cc2cc4ccccc4cc2cc1C=3. The lowest BCUT2D eigenvalue weighted by molar-refractivity contribution is 1.22. The molecule has 6 rings (SSSR count). The van der Waals surface area contributed by atoms with Crippen molar-refractivity contribution in [1.82, 2.24) is 0 Å². The monoisotopic (exact) mass is 316 g/mol. The first-order valence-corrected chi connectivity index (χ1v) is 8.84. The van der Waals surface area contributed by atoms with Crippen LogP contribution in [0, 0.1) is 0 Å². The maximum absolute atomic E-state index is 2.37. The summed E-state index contributed by atoms with van der Waals surface area (Å²) < 4.78 is 0. The molecule has 4 aromatic rings. The number of fused-ring (bicyclic) bond motifs is 6. The summed E-state index contributed by atoms with van der Waals surface area (Å²) in [5.74, 6) is 0. The Labute approximate surface area is 146 Å². The van der Waals surface area contributed by atoms with Gasteiger partial charge in [-0.25, -0.2) is 0 Å². The Hall–Kier alpha value is -3.12. The topological polar surface area (TPSA) is 0 Å². The molecule has 0 saturated carbocycles. The number of hydrogen-bond acceptors (Lipinski definition) is 0. The minimum atomic E-state index is 1.04. The van der Waals surface area contributed by atoms with Crippen molar-refractivity contribution in [2.75, 3.05) is 0 Å². The quantitative estimate of drug-likeness (QED) is 0.363. The maximum atomic E-state index is 2.37. The summed E-state index contributed by atoms with van der Waals surface area (Å²) in [5.41, 5.74) is 5.51. The lowest BCUT2D eigenvalue weighted by atomic mass is 9.95. The molecule has 0 heterocycles. The molecule has 0 aliphatic heterocycles. The lowest BCUT2D eigenvalue weighted by Gasteiger charge is -2.09. The van der Waals surface area contributed by atoms with Gasteiger partial charge in [0.15, 0.2) is 0 Å². The van der Waals surface area contributed by atoms with Crippen LogP contribution in [0.3, 0.4) is 0 Å². The third-order valence-electron chi connectivity index (χ3n) is 5.54. The zero-order valence-electron chi connectivity index (χ0n) is 13.8. The largest absolute Gasteiger partial charge is 0.0801 e. The van der Waals surface area contributed by atoms with Crippen LogP contribution < -0.4 is 10.4 Å². The average molecular weight is 316 g/mol. The van der Waals surface area contributed by atoms with Crippen LogP contribution in [0.15, 0.2) is 72.8 Å². The van der Waals surface area contributed by atoms with Crippen LogP contribution in [-0.2, 0) is 6.42 Å². The predicted octanol–water partition coefficient (Wildman–Crippen LogP) is 4.70. The molecule has 25 heavy (non-hydrogen) atoms. The van der Waals surface area contributed by atoms with E-state index in [4.69, 9.17) is 0 Å². The Morgan fingerprint density at radius 2 is 1.44 bits per heavy atom. The van der Waals surface area contributed by atoms with Crippen LogP contribution in [0.2, 0.25) is 0 Å². The molecule has 0 aromatic heterocycles. The van der Waals surface area contributed by atoms with Gasteiger partial charge in [0.2, 0.25) is 0 Å². The molecule has 0 nitrogen and oxygen atoms in total. The van der Waals surface area contributed by atoms with Crippen molar-refractivity contribution in [1.29, 1.82) is 0 Å². The van der Waals surface area contributed by atoms with Gasteiger partial charge in [-0.3, -0.25) is 0 Å². The van der Waals surface area contributed by atoms with E-state index in [-0.39, 0.29) is 0 Å². The third kappa shape index (κ3) is 1.88. The van der Waals surface area contributed by atoms with Crippen LogP contribution in [0.5, 0.6) is 0 Å². The maximum Gasteiger partial charge on any atom is -0.00882 e.